The number of ether oxygens (including phenoxy) is 3. The zero-order valence-corrected chi connectivity index (χ0v) is 19.8. The summed E-state index contributed by atoms with van der Waals surface area (Å²) in [5, 5.41) is 9.06. The van der Waals surface area contributed by atoms with Crippen LogP contribution >= 0.6 is 12.2 Å². The summed E-state index contributed by atoms with van der Waals surface area (Å²) < 4.78 is 15.7. The zero-order chi connectivity index (χ0) is 24.7. The van der Waals surface area contributed by atoms with Crippen LogP contribution < -0.4 is 20.7 Å². The summed E-state index contributed by atoms with van der Waals surface area (Å²) in [5.74, 6) is -0.926. The second kappa shape index (κ2) is 11.3. The van der Waals surface area contributed by atoms with Crippen LogP contribution in [0, 0.1) is 0 Å². The van der Waals surface area contributed by atoms with Gasteiger partial charge in [-0.25, -0.2) is 9.59 Å². The van der Waals surface area contributed by atoms with Crippen molar-refractivity contribution < 1.29 is 28.6 Å². The lowest BCUT2D eigenvalue weighted by Gasteiger charge is -2.30. The first kappa shape index (κ1) is 24.7. The van der Waals surface area contributed by atoms with Gasteiger partial charge < -0.3 is 30.2 Å². The van der Waals surface area contributed by atoms with E-state index < -0.39 is 23.9 Å². The molecule has 1 unspecified atom stereocenters. The Morgan fingerprint density at radius 2 is 1.76 bits per heavy atom. The quantitative estimate of drug-likeness (QED) is 0.385. The summed E-state index contributed by atoms with van der Waals surface area (Å²) in [4.78, 5) is 36.6. The number of hydrogen-bond donors (Lipinski definition) is 3. The third-order valence-electron chi connectivity index (χ3n) is 4.94. The van der Waals surface area contributed by atoms with Gasteiger partial charge in [0.05, 0.1) is 30.9 Å². The van der Waals surface area contributed by atoms with Gasteiger partial charge in [0.2, 0.25) is 0 Å². The zero-order valence-electron chi connectivity index (χ0n) is 19.0. The van der Waals surface area contributed by atoms with E-state index in [9.17, 15) is 14.4 Å². The molecule has 1 aliphatic heterocycles. The van der Waals surface area contributed by atoms with Gasteiger partial charge in [-0.05, 0) is 56.4 Å². The number of rotatable bonds is 8. The Morgan fingerprint density at radius 1 is 1.06 bits per heavy atom. The molecule has 0 aromatic heterocycles. The van der Waals surface area contributed by atoms with Crippen LogP contribution in [0.1, 0.15) is 35.8 Å². The Kier molecular flexibility index (Phi) is 8.20. The lowest BCUT2D eigenvalue weighted by atomic mass is 9.95. The molecule has 0 bridgehead atoms. The molecule has 1 amide bonds. The molecule has 34 heavy (non-hydrogen) atoms. The summed E-state index contributed by atoms with van der Waals surface area (Å²) >= 11 is 5.26. The summed E-state index contributed by atoms with van der Waals surface area (Å²) in [5.41, 5.74) is 2.45. The fourth-order valence-corrected chi connectivity index (χ4v) is 3.67. The van der Waals surface area contributed by atoms with E-state index in [1.54, 1.807) is 62.4 Å². The van der Waals surface area contributed by atoms with E-state index >= 15 is 0 Å². The molecule has 1 atom stereocenters. The van der Waals surface area contributed by atoms with E-state index in [0.717, 1.165) is 0 Å². The number of benzene rings is 2. The number of carbonyl (C=O) groups excluding carboxylic acids is 3. The van der Waals surface area contributed by atoms with Gasteiger partial charge >= 0.3 is 11.9 Å². The number of anilines is 1. The average Bonchev–Trinajstić information content (AvgIpc) is 2.82. The van der Waals surface area contributed by atoms with Gasteiger partial charge in [-0.2, -0.15) is 0 Å². The molecule has 0 fully saturated rings. The topological polar surface area (TPSA) is 115 Å². The maximum atomic E-state index is 12.5. The van der Waals surface area contributed by atoms with E-state index in [1.165, 1.54) is 7.11 Å². The number of nitrogens with one attached hydrogen (secondary N) is 3. The van der Waals surface area contributed by atoms with E-state index in [4.69, 9.17) is 26.4 Å². The smallest absolute Gasteiger partial charge is 0.338 e. The summed E-state index contributed by atoms with van der Waals surface area (Å²) in [6.45, 7) is 3.47. The van der Waals surface area contributed by atoms with Crippen molar-refractivity contribution >= 4 is 40.9 Å². The van der Waals surface area contributed by atoms with Crippen LogP contribution in [-0.4, -0.2) is 43.3 Å². The van der Waals surface area contributed by atoms with Crippen LogP contribution in [0.3, 0.4) is 0 Å². The minimum Gasteiger partial charge on any atom is -0.483 e. The number of methoxy groups -OCH3 is 1. The largest absolute Gasteiger partial charge is 0.483 e. The molecular formula is C24H25N3O6S. The molecule has 3 rings (SSSR count). The average molecular weight is 484 g/mol. The van der Waals surface area contributed by atoms with Crippen LogP contribution in [0.25, 0.3) is 0 Å². The molecule has 0 spiro atoms. The predicted octanol–water partition coefficient (Wildman–Crippen LogP) is 2.85. The molecule has 3 N–H and O–H groups in total. The van der Waals surface area contributed by atoms with E-state index in [2.05, 4.69) is 16.0 Å². The summed E-state index contributed by atoms with van der Waals surface area (Å²) in [6.07, 6.45) is 0. The first-order chi connectivity index (χ1) is 16.3. The second-order valence-electron chi connectivity index (χ2n) is 7.23. The first-order valence-corrected chi connectivity index (χ1v) is 10.9. The monoisotopic (exact) mass is 483 g/mol. The van der Waals surface area contributed by atoms with Crippen molar-refractivity contribution in [2.45, 2.75) is 19.9 Å². The second-order valence-corrected chi connectivity index (χ2v) is 7.64. The van der Waals surface area contributed by atoms with Gasteiger partial charge in [0, 0.05) is 16.9 Å². The Balaban J connectivity index is 1.71. The maximum Gasteiger partial charge on any atom is 0.338 e. The molecule has 0 aliphatic carbocycles. The SMILES string of the molecule is CCOC(=O)c1ccc(NC(=O)COc2ccccc2C2NC(=S)NC(C)=C2C(=O)OC)cc1. The van der Waals surface area contributed by atoms with Crippen molar-refractivity contribution in [3.8, 4) is 5.75 Å². The van der Waals surface area contributed by atoms with E-state index in [1.807, 2.05) is 0 Å². The Morgan fingerprint density at radius 3 is 2.44 bits per heavy atom. The molecule has 0 saturated carbocycles. The van der Waals surface area contributed by atoms with Gasteiger partial charge in [-0.15, -0.1) is 0 Å². The minimum atomic E-state index is -0.615. The van der Waals surface area contributed by atoms with E-state index in [0.29, 0.717) is 38.9 Å². The number of thiocarbonyl (C=S) groups is 1. The molecule has 2 aromatic carbocycles. The lowest BCUT2D eigenvalue weighted by Crippen LogP contribution is -2.45. The molecular weight excluding hydrogens is 458 g/mol. The molecule has 9 nitrogen and oxygen atoms in total. The number of allylic oxidation sites excluding steroid dienone is 1. The molecule has 178 valence electrons. The highest BCUT2D eigenvalue weighted by Gasteiger charge is 2.32. The van der Waals surface area contributed by atoms with Crippen LogP contribution in [0.4, 0.5) is 5.69 Å². The number of carbonyl (C=O) groups is 3. The highest BCUT2D eigenvalue weighted by atomic mass is 32.1. The lowest BCUT2D eigenvalue weighted by molar-refractivity contribution is -0.136. The minimum absolute atomic E-state index is 0.275. The summed E-state index contributed by atoms with van der Waals surface area (Å²) in [6, 6.07) is 12.8. The first-order valence-electron chi connectivity index (χ1n) is 10.5. The number of hydrogen-bond acceptors (Lipinski definition) is 7. The number of para-hydroxylation sites is 1. The normalized spacial score (nSPS) is 15.0. The van der Waals surface area contributed by atoms with Crippen molar-refractivity contribution in [3.05, 3.63) is 70.9 Å². The molecule has 10 heteroatoms. The van der Waals surface area contributed by atoms with Crippen LogP contribution in [-0.2, 0) is 19.1 Å². The standard InChI is InChI=1S/C24H25N3O6S/c1-4-32-22(29)15-9-11-16(12-10-15)26-19(28)13-33-18-8-6-5-7-17(18)21-20(23(30)31-3)14(2)25-24(34)27-21/h5-12,21H,4,13H2,1-3H3,(H,26,28)(H2,25,27,34). The van der Waals surface area contributed by atoms with E-state index in [-0.39, 0.29) is 13.2 Å². The molecule has 0 radical (unpaired) electrons. The molecule has 0 saturated heterocycles. The third kappa shape index (κ3) is 5.90. The van der Waals surface area contributed by atoms with Crippen molar-refractivity contribution in [1.29, 1.82) is 0 Å². The van der Waals surface area contributed by atoms with Crippen LogP contribution in [0.15, 0.2) is 59.8 Å². The molecule has 2 aromatic rings. The van der Waals surface area contributed by atoms with Crippen molar-refractivity contribution in [3.63, 3.8) is 0 Å². The number of esters is 2. The highest BCUT2D eigenvalue weighted by molar-refractivity contribution is 7.80. The molecule has 1 heterocycles. The van der Waals surface area contributed by atoms with Gasteiger partial charge in [0.1, 0.15) is 5.75 Å². The molecule has 1 aliphatic rings. The van der Waals surface area contributed by atoms with Gasteiger partial charge in [0.25, 0.3) is 5.91 Å². The van der Waals surface area contributed by atoms with Gasteiger partial charge in [-0.3, -0.25) is 4.79 Å². The fourth-order valence-electron chi connectivity index (χ4n) is 3.40. The Bertz CT molecular complexity index is 1130. The third-order valence-corrected chi connectivity index (χ3v) is 5.16. The van der Waals surface area contributed by atoms with Crippen molar-refractivity contribution in [1.82, 2.24) is 10.6 Å². The van der Waals surface area contributed by atoms with Crippen LogP contribution in [0.5, 0.6) is 5.75 Å². The van der Waals surface area contributed by atoms with Crippen molar-refractivity contribution in [2.24, 2.45) is 0 Å². The Hall–Kier alpha value is -3.92. The maximum absolute atomic E-state index is 12.5. The fraction of sp³-hybridized carbons (Fsp3) is 0.250. The van der Waals surface area contributed by atoms with Gasteiger partial charge in [0.15, 0.2) is 11.7 Å². The van der Waals surface area contributed by atoms with Crippen molar-refractivity contribution in [2.75, 3.05) is 25.6 Å². The number of amides is 1. The summed E-state index contributed by atoms with van der Waals surface area (Å²) in [7, 11) is 1.30. The predicted molar refractivity (Wildman–Crippen MR) is 129 cm³/mol. The Labute approximate surface area is 202 Å². The van der Waals surface area contributed by atoms with Gasteiger partial charge in [-0.1, -0.05) is 18.2 Å². The highest BCUT2D eigenvalue weighted by Crippen LogP contribution is 2.33. The van der Waals surface area contributed by atoms with Crippen LogP contribution in [0.2, 0.25) is 0 Å².